The lowest BCUT2D eigenvalue weighted by molar-refractivity contribution is 0.109. The number of hydrogen-bond acceptors (Lipinski definition) is 8. The smallest absolute Gasteiger partial charge is 0.226 e. The second-order valence-electron chi connectivity index (χ2n) is 7.33. The van der Waals surface area contributed by atoms with Gasteiger partial charge in [-0.3, -0.25) is 14.8 Å². The van der Waals surface area contributed by atoms with Gasteiger partial charge in [-0.1, -0.05) is 30.0 Å². The van der Waals surface area contributed by atoms with Crippen molar-refractivity contribution < 1.29 is 14.3 Å². The van der Waals surface area contributed by atoms with Crippen LogP contribution in [0.5, 0.6) is 11.5 Å². The molecule has 1 aromatic heterocycles. The molecule has 0 fully saturated rings. The summed E-state index contributed by atoms with van der Waals surface area (Å²) in [6.07, 6.45) is 1.76. The molecule has 33 heavy (non-hydrogen) atoms. The van der Waals surface area contributed by atoms with Crippen molar-refractivity contribution >= 4 is 66.1 Å². The van der Waals surface area contributed by atoms with Crippen molar-refractivity contribution in [2.24, 2.45) is 4.99 Å². The van der Waals surface area contributed by atoms with Gasteiger partial charge in [-0.25, -0.2) is 0 Å². The molecule has 2 heterocycles. The molecule has 0 unspecified atom stereocenters. The van der Waals surface area contributed by atoms with Crippen LogP contribution in [-0.4, -0.2) is 41.0 Å². The van der Waals surface area contributed by atoms with Gasteiger partial charge in [0.25, 0.3) is 0 Å². The summed E-state index contributed by atoms with van der Waals surface area (Å²) in [6, 6.07) is 17.5. The molecular formula is C25H21N3O3S2. The number of carbonyl (C=O) groups is 1. The minimum absolute atomic E-state index is 0.0237. The number of ether oxygens (including phenoxy) is 2. The number of hydrogen-bond donors (Lipinski definition) is 1. The SMILES string of the molecule is COc1cc2nccc(Nc3ccc4c(C(=O)SC5=NCCS5)cccc4c3)c2cc1OC. The average Bonchev–Trinajstić information content (AvgIpc) is 3.35. The molecule has 1 N–H and O–H groups in total. The fourth-order valence-electron chi connectivity index (χ4n) is 3.79. The van der Waals surface area contributed by atoms with Gasteiger partial charge < -0.3 is 14.8 Å². The van der Waals surface area contributed by atoms with Crippen molar-refractivity contribution in [2.45, 2.75) is 0 Å². The average molecular weight is 476 g/mol. The Morgan fingerprint density at radius 3 is 2.67 bits per heavy atom. The molecule has 1 aliphatic rings. The van der Waals surface area contributed by atoms with Crippen LogP contribution in [0.4, 0.5) is 11.4 Å². The molecule has 0 amide bonds. The predicted molar refractivity (Wildman–Crippen MR) is 139 cm³/mol. The molecular weight excluding hydrogens is 454 g/mol. The number of aromatic nitrogens is 1. The summed E-state index contributed by atoms with van der Waals surface area (Å²) in [6.45, 7) is 0.785. The van der Waals surface area contributed by atoms with E-state index in [9.17, 15) is 4.79 Å². The Morgan fingerprint density at radius 1 is 1.03 bits per heavy atom. The van der Waals surface area contributed by atoms with Crippen molar-refractivity contribution in [1.29, 1.82) is 0 Å². The Hall–Kier alpha value is -3.23. The van der Waals surface area contributed by atoms with Crippen molar-refractivity contribution in [3.8, 4) is 11.5 Å². The Labute approximate surface area is 199 Å². The van der Waals surface area contributed by atoms with E-state index < -0.39 is 0 Å². The molecule has 0 saturated heterocycles. The molecule has 8 heteroatoms. The molecule has 6 nitrogen and oxygen atoms in total. The molecule has 0 bridgehead atoms. The zero-order valence-electron chi connectivity index (χ0n) is 18.1. The number of fused-ring (bicyclic) bond motifs is 2. The van der Waals surface area contributed by atoms with Crippen molar-refractivity contribution in [3.63, 3.8) is 0 Å². The summed E-state index contributed by atoms with van der Waals surface area (Å²) in [5, 5.41) is 6.35. The summed E-state index contributed by atoms with van der Waals surface area (Å²) in [5.41, 5.74) is 3.32. The van der Waals surface area contributed by atoms with Crippen LogP contribution < -0.4 is 14.8 Å². The van der Waals surface area contributed by atoms with Crippen LogP contribution in [0.2, 0.25) is 0 Å². The number of anilines is 2. The molecule has 0 saturated carbocycles. The molecule has 0 spiro atoms. The highest BCUT2D eigenvalue weighted by Gasteiger charge is 2.17. The van der Waals surface area contributed by atoms with Crippen LogP contribution in [0.25, 0.3) is 21.7 Å². The first-order valence-corrected chi connectivity index (χ1v) is 12.2. The molecule has 4 aromatic rings. The minimum atomic E-state index is 0.0237. The van der Waals surface area contributed by atoms with Crippen molar-refractivity contribution in [3.05, 3.63) is 66.4 Å². The molecule has 5 rings (SSSR count). The predicted octanol–water partition coefficient (Wildman–Crippen LogP) is 6.13. The van der Waals surface area contributed by atoms with Gasteiger partial charge in [0.15, 0.2) is 11.5 Å². The molecule has 0 aliphatic carbocycles. The summed E-state index contributed by atoms with van der Waals surface area (Å²) >= 11 is 2.86. The van der Waals surface area contributed by atoms with Crippen molar-refractivity contribution in [1.82, 2.24) is 4.98 Å². The lowest BCUT2D eigenvalue weighted by atomic mass is 10.0. The van der Waals surface area contributed by atoms with Crippen LogP contribution >= 0.6 is 23.5 Å². The Balaban J connectivity index is 1.48. The quantitative estimate of drug-likeness (QED) is 0.372. The van der Waals surface area contributed by atoms with E-state index in [1.807, 2.05) is 54.6 Å². The molecule has 0 radical (unpaired) electrons. The Kier molecular flexibility index (Phi) is 6.11. The number of methoxy groups -OCH3 is 2. The number of pyridine rings is 1. The van der Waals surface area contributed by atoms with Crippen LogP contribution in [0.3, 0.4) is 0 Å². The van der Waals surface area contributed by atoms with Crippen LogP contribution in [0.1, 0.15) is 10.4 Å². The highest BCUT2D eigenvalue weighted by atomic mass is 32.2. The number of nitrogens with one attached hydrogen (secondary N) is 1. The fraction of sp³-hybridized carbons (Fsp3) is 0.160. The first-order chi connectivity index (χ1) is 16.2. The van der Waals surface area contributed by atoms with Gasteiger partial charge in [0, 0.05) is 40.3 Å². The lowest BCUT2D eigenvalue weighted by Crippen LogP contribution is -1.98. The number of carbonyl (C=O) groups excluding carboxylic acids is 1. The van der Waals surface area contributed by atoms with Gasteiger partial charge in [-0.15, -0.1) is 0 Å². The van der Waals surface area contributed by atoms with Crippen LogP contribution in [0.15, 0.2) is 65.8 Å². The molecule has 0 atom stereocenters. The largest absolute Gasteiger partial charge is 0.493 e. The first-order valence-electron chi connectivity index (χ1n) is 10.4. The first kappa shape index (κ1) is 21.6. The topological polar surface area (TPSA) is 72.8 Å². The van der Waals surface area contributed by atoms with Gasteiger partial charge in [0.2, 0.25) is 5.12 Å². The van der Waals surface area contributed by atoms with E-state index in [4.69, 9.17) is 9.47 Å². The van der Waals surface area contributed by atoms with E-state index in [0.717, 1.165) is 49.7 Å². The van der Waals surface area contributed by atoms with Gasteiger partial charge in [-0.2, -0.15) is 0 Å². The zero-order chi connectivity index (χ0) is 22.8. The molecule has 3 aromatic carbocycles. The van der Waals surface area contributed by atoms with Crippen molar-refractivity contribution in [2.75, 3.05) is 31.8 Å². The van der Waals surface area contributed by atoms with E-state index in [2.05, 4.69) is 15.3 Å². The van der Waals surface area contributed by atoms with E-state index in [-0.39, 0.29) is 5.12 Å². The normalized spacial score (nSPS) is 13.2. The Morgan fingerprint density at radius 2 is 1.88 bits per heavy atom. The van der Waals surface area contributed by atoms with E-state index >= 15 is 0 Å². The van der Waals surface area contributed by atoms with Gasteiger partial charge in [-0.05, 0) is 52.9 Å². The van der Waals surface area contributed by atoms with Gasteiger partial charge >= 0.3 is 0 Å². The highest BCUT2D eigenvalue weighted by molar-refractivity contribution is 8.45. The number of rotatable bonds is 5. The summed E-state index contributed by atoms with van der Waals surface area (Å²) in [7, 11) is 3.23. The maximum absolute atomic E-state index is 12.9. The monoisotopic (exact) mass is 475 g/mol. The number of thioether (sulfide) groups is 2. The second-order valence-corrected chi connectivity index (χ2v) is 9.64. The highest BCUT2D eigenvalue weighted by Crippen LogP contribution is 2.36. The number of nitrogens with zero attached hydrogens (tertiary/aromatic N) is 2. The van der Waals surface area contributed by atoms with E-state index in [1.165, 1.54) is 11.8 Å². The summed E-state index contributed by atoms with van der Waals surface area (Å²) in [4.78, 5) is 21.7. The summed E-state index contributed by atoms with van der Waals surface area (Å²) in [5.74, 6) is 2.23. The standard InChI is InChI=1S/C25H21N3O3S2/c1-30-22-13-19-20(8-9-26-21(19)14-23(22)31-2)28-16-6-7-17-15(12-16)4-3-5-18(17)24(29)33-25-27-10-11-32-25/h3-9,12-14H,10-11H2,1-2H3,(H,26,28). The van der Waals surface area contributed by atoms with Crippen LogP contribution in [0, 0.1) is 0 Å². The van der Waals surface area contributed by atoms with E-state index in [1.54, 1.807) is 32.2 Å². The van der Waals surface area contributed by atoms with Crippen LogP contribution in [-0.2, 0) is 0 Å². The van der Waals surface area contributed by atoms with Gasteiger partial charge in [0.1, 0.15) is 4.38 Å². The summed E-state index contributed by atoms with van der Waals surface area (Å²) < 4.78 is 11.7. The third-order valence-corrected chi connectivity index (χ3v) is 7.44. The maximum atomic E-state index is 12.9. The fourth-order valence-corrected chi connectivity index (χ4v) is 5.64. The zero-order valence-corrected chi connectivity index (χ0v) is 19.8. The lowest BCUT2D eigenvalue weighted by Gasteiger charge is -2.14. The Bertz CT molecular complexity index is 1400. The number of benzene rings is 3. The molecule has 1 aliphatic heterocycles. The maximum Gasteiger partial charge on any atom is 0.226 e. The van der Waals surface area contributed by atoms with Gasteiger partial charge in [0.05, 0.1) is 26.3 Å². The second kappa shape index (κ2) is 9.33. The van der Waals surface area contributed by atoms with E-state index in [0.29, 0.717) is 17.1 Å². The minimum Gasteiger partial charge on any atom is -0.493 e. The molecule has 166 valence electrons. The number of aliphatic imine (C=N–C) groups is 1. The third kappa shape index (κ3) is 4.36. The third-order valence-electron chi connectivity index (χ3n) is 5.36.